The first-order valence-corrected chi connectivity index (χ1v) is 5.61. The lowest BCUT2D eigenvalue weighted by atomic mass is 10.2. The van der Waals surface area contributed by atoms with Gasteiger partial charge in [-0.15, -0.1) is 0 Å². The second-order valence-electron chi connectivity index (χ2n) is 4.02. The molecule has 2 rings (SSSR count). The lowest BCUT2D eigenvalue weighted by Gasteiger charge is -2.06. The molecule has 2 heterocycles. The minimum absolute atomic E-state index is 0.0339. The van der Waals surface area contributed by atoms with Crippen LogP contribution in [0.1, 0.15) is 16.1 Å². The number of hydrogen-bond acceptors (Lipinski definition) is 6. The smallest absolute Gasteiger partial charge is 0.300 e. The first-order valence-electron chi connectivity index (χ1n) is 5.61. The van der Waals surface area contributed by atoms with Gasteiger partial charge in [0, 0.05) is 17.6 Å². The quantitative estimate of drug-likeness (QED) is 0.645. The predicted octanol–water partition coefficient (Wildman–Crippen LogP) is 1.53. The third-order valence-electron chi connectivity index (χ3n) is 2.50. The third kappa shape index (κ3) is 2.86. The Balaban J connectivity index is 2.34. The van der Waals surface area contributed by atoms with E-state index in [4.69, 9.17) is 5.73 Å². The van der Waals surface area contributed by atoms with Crippen molar-refractivity contribution in [3.8, 4) is 0 Å². The molecule has 1 amide bonds. The molecule has 102 valence electrons. The van der Waals surface area contributed by atoms with Crippen LogP contribution >= 0.6 is 0 Å². The normalized spacial score (nSPS) is 10.1. The summed E-state index contributed by atoms with van der Waals surface area (Å²) in [6, 6.07) is 4.40. The van der Waals surface area contributed by atoms with E-state index in [9.17, 15) is 14.9 Å². The summed E-state index contributed by atoms with van der Waals surface area (Å²) in [4.78, 5) is 29.9. The van der Waals surface area contributed by atoms with Crippen molar-refractivity contribution in [2.45, 2.75) is 6.92 Å². The molecule has 0 aliphatic rings. The zero-order valence-corrected chi connectivity index (χ0v) is 10.5. The van der Waals surface area contributed by atoms with Crippen LogP contribution in [0.4, 0.5) is 17.2 Å². The van der Waals surface area contributed by atoms with Gasteiger partial charge in [-0.25, -0.2) is 4.98 Å². The average molecular weight is 273 g/mol. The van der Waals surface area contributed by atoms with Crippen LogP contribution in [0.3, 0.4) is 0 Å². The van der Waals surface area contributed by atoms with Gasteiger partial charge in [-0.05, 0) is 25.1 Å². The second-order valence-corrected chi connectivity index (χ2v) is 4.02. The minimum atomic E-state index is -0.681. The average Bonchev–Trinajstić information content (AvgIpc) is 2.38. The SMILES string of the molecule is Cc1cc(NC(=O)c2cc(N)ncc2[N+](=O)[O-])ccn1. The van der Waals surface area contributed by atoms with Crippen molar-refractivity contribution in [2.24, 2.45) is 0 Å². The molecule has 0 unspecified atom stereocenters. The number of anilines is 2. The van der Waals surface area contributed by atoms with Gasteiger partial charge in [0.05, 0.1) is 4.92 Å². The van der Waals surface area contributed by atoms with Gasteiger partial charge in [0.1, 0.15) is 17.6 Å². The topological polar surface area (TPSA) is 124 Å². The Hall–Kier alpha value is -3.03. The lowest BCUT2D eigenvalue weighted by molar-refractivity contribution is -0.385. The predicted molar refractivity (Wildman–Crippen MR) is 72.2 cm³/mol. The van der Waals surface area contributed by atoms with E-state index in [1.807, 2.05) is 0 Å². The molecule has 0 fully saturated rings. The van der Waals surface area contributed by atoms with Crippen molar-refractivity contribution in [3.63, 3.8) is 0 Å². The van der Waals surface area contributed by atoms with Crippen molar-refractivity contribution in [3.05, 3.63) is 52.0 Å². The summed E-state index contributed by atoms with van der Waals surface area (Å²) >= 11 is 0. The van der Waals surface area contributed by atoms with Crippen LogP contribution in [0.25, 0.3) is 0 Å². The molecule has 0 aliphatic heterocycles. The van der Waals surface area contributed by atoms with Crippen molar-refractivity contribution in [1.29, 1.82) is 0 Å². The minimum Gasteiger partial charge on any atom is -0.384 e. The van der Waals surface area contributed by atoms with Gasteiger partial charge in [-0.1, -0.05) is 0 Å². The first kappa shape index (κ1) is 13.4. The van der Waals surface area contributed by atoms with Crippen LogP contribution in [-0.2, 0) is 0 Å². The van der Waals surface area contributed by atoms with Crippen LogP contribution in [-0.4, -0.2) is 20.8 Å². The number of aromatic nitrogens is 2. The molecule has 0 atom stereocenters. The molecule has 3 N–H and O–H groups in total. The number of carbonyl (C=O) groups excluding carboxylic acids is 1. The van der Waals surface area contributed by atoms with Crippen LogP contribution in [0, 0.1) is 17.0 Å². The van der Waals surface area contributed by atoms with Gasteiger partial charge in [0.25, 0.3) is 11.6 Å². The summed E-state index contributed by atoms with van der Waals surface area (Å²) in [5.41, 5.74) is 6.12. The molecule has 0 saturated carbocycles. The van der Waals surface area contributed by atoms with Crippen molar-refractivity contribution in [2.75, 3.05) is 11.1 Å². The fourth-order valence-corrected chi connectivity index (χ4v) is 1.61. The lowest BCUT2D eigenvalue weighted by Crippen LogP contribution is -2.15. The number of amides is 1. The first-order chi connectivity index (χ1) is 9.47. The summed E-state index contributed by atoms with van der Waals surface area (Å²) in [6.45, 7) is 1.77. The number of nitro groups is 1. The number of nitrogens with one attached hydrogen (secondary N) is 1. The van der Waals surface area contributed by atoms with E-state index in [2.05, 4.69) is 15.3 Å². The maximum atomic E-state index is 12.1. The van der Waals surface area contributed by atoms with E-state index in [1.165, 1.54) is 12.3 Å². The summed E-state index contributed by atoms with van der Waals surface area (Å²) in [7, 11) is 0. The van der Waals surface area contributed by atoms with Gasteiger partial charge in [0.2, 0.25) is 0 Å². The number of nitrogens with zero attached hydrogens (tertiary/aromatic N) is 3. The Labute approximate surface area is 113 Å². The van der Waals surface area contributed by atoms with E-state index < -0.39 is 16.5 Å². The fourth-order valence-electron chi connectivity index (χ4n) is 1.61. The van der Waals surface area contributed by atoms with Gasteiger partial charge in [0.15, 0.2) is 0 Å². The maximum Gasteiger partial charge on any atom is 0.300 e. The molecule has 0 saturated heterocycles. The number of carbonyl (C=O) groups is 1. The van der Waals surface area contributed by atoms with Crippen molar-refractivity contribution < 1.29 is 9.72 Å². The van der Waals surface area contributed by atoms with Crippen LogP contribution in [0.15, 0.2) is 30.6 Å². The van der Waals surface area contributed by atoms with Crippen LogP contribution < -0.4 is 11.1 Å². The Morgan fingerprint density at radius 2 is 2.15 bits per heavy atom. The molecular formula is C12H11N5O3. The Morgan fingerprint density at radius 1 is 1.40 bits per heavy atom. The van der Waals surface area contributed by atoms with Crippen molar-refractivity contribution >= 4 is 23.1 Å². The molecule has 8 nitrogen and oxygen atoms in total. The van der Waals surface area contributed by atoms with E-state index in [0.29, 0.717) is 11.4 Å². The molecule has 0 aromatic carbocycles. The number of hydrogen-bond donors (Lipinski definition) is 2. The monoisotopic (exact) mass is 273 g/mol. The Kier molecular flexibility index (Phi) is 3.56. The highest BCUT2D eigenvalue weighted by Gasteiger charge is 2.21. The molecule has 0 bridgehead atoms. The molecule has 2 aromatic rings. The number of nitrogen functional groups attached to an aromatic ring is 1. The molecule has 8 heteroatoms. The summed E-state index contributed by atoms with van der Waals surface area (Å²) in [5, 5.41) is 13.4. The van der Waals surface area contributed by atoms with E-state index in [1.54, 1.807) is 19.1 Å². The molecule has 0 spiro atoms. The van der Waals surface area contributed by atoms with Crippen LogP contribution in [0.5, 0.6) is 0 Å². The van der Waals surface area contributed by atoms with Gasteiger partial charge >= 0.3 is 0 Å². The maximum absolute atomic E-state index is 12.1. The zero-order chi connectivity index (χ0) is 14.7. The number of pyridine rings is 2. The highest BCUT2D eigenvalue weighted by Crippen LogP contribution is 2.20. The van der Waals surface area contributed by atoms with E-state index >= 15 is 0 Å². The standard InChI is InChI=1S/C12H11N5O3/c1-7-4-8(2-3-14-7)16-12(18)9-5-11(13)15-6-10(9)17(19)20/h2-6H,1H3,(H2,13,15)(H,14,16,18). The largest absolute Gasteiger partial charge is 0.384 e. The molecule has 0 radical (unpaired) electrons. The number of nitrogens with two attached hydrogens (primary N) is 1. The third-order valence-corrected chi connectivity index (χ3v) is 2.50. The van der Waals surface area contributed by atoms with Gasteiger partial charge in [-0.2, -0.15) is 0 Å². The van der Waals surface area contributed by atoms with E-state index in [0.717, 1.165) is 6.20 Å². The number of aryl methyl sites for hydroxylation is 1. The molecule has 2 aromatic heterocycles. The highest BCUT2D eigenvalue weighted by atomic mass is 16.6. The molecular weight excluding hydrogens is 262 g/mol. The highest BCUT2D eigenvalue weighted by molar-refractivity contribution is 6.07. The van der Waals surface area contributed by atoms with Gasteiger partial charge in [-0.3, -0.25) is 19.9 Å². The molecule has 20 heavy (non-hydrogen) atoms. The molecule has 0 aliphatic carbocycles. The summed E-state index contributed by atoms with van der Waals surface area (Å²) in [6.07, 6.45) is 2.49. The van der Waals surface area contributed by atoms with Crippen LogP contribution in [0.2, 0.25) is 0 Å². The fraction of sp³-hybridized carbons (Fsp3) is 0.0833. The summed E-state index contributed by atoms with van der Waals surface area (Å²) in [5.74, 6) is -0.594. The number of rotatable bonds is 3. The van der Waals surface area contributed by atoms with E-state index in [-0.39, 0.29) is 11.4 Å². The zero-order valence-electron chi connectivity index (χ0n) is 10.5. The summed E-state index contributed by atoms with van der Waals surface area (Å²) < 4.78 is 0. The van der Waals surface area contributed by atoms with Gasteiger partial charge < -0.3 is 11.1 Å². The van der Waals surface area contributed by atoms with Crippen molar-refractivity contribution in [1.82, 2.24) is 9.97 Å². The Morgan fingerprint density at radius 3 is 2.80 bits per heavy atom. The Bertz CT molecular complexity index is 687. The second kappa shape index (κ2) is 5.31.